The first kappa shape index (κ1) is 13.5. The number of carbonyl (C=O) groups excluding carboxylic acids is 1. The van der Waals surface area contributed by atoms with E-state index in [-0.39, 0.29) is 12.0 Å². The van der Waals surface area contributed by atoms with Crippen molar-refractivity contribution in [2.45, 2.75) is 45.1 Å². The number of aliphatic hydroxyl groups is 1. The minimum atomic E-state index is -0.279. The van der Waals surface area contributed by atoms with Crippen LogP contribution in [0.25, 0.3) is 0 Å². The molecule has 1 saturated heterocycles. The van der Waals surface area contributed by atoms with Gasteiger partial charge in [-0.1, -0.05) is 6.92 Å². The van der Waals surface area contributed by atoms with Gasteiger partial charge in [-0.3, -0.25) is 4.79 Å². The normalized spacial score (nSPS) is 18.6. The highest BCUT2D eigenvalue weighted by Gasteiger charge is 2.12. The molecule has 1 aliphatic heterocycles. The third-order valence-electron chi connectivity index (χ3n) is 3.12. The van der Waals surface area contributed by atoms with Crippen molar-refractivity contribution in [3.8, 4) is 0 Å². The molecule has 0 aliphatic carbocycles. The number of rotatable bonds is 7. The molecule has 0 saturated carbocycles. The molecule has 2 N–H and O–H groups in total. The number of hydrogen-bond acceptors (Lipinski definition) is 3. The van der Waals surface area contributed by atoms with Crippen LogP contribution in [0.3, 0.4) is 0 Å². The highest BCUT2D eigenvalue weighted by Crippen LogP contribution is 2.07. The van der Waals surface area contributed by atoms with Crippen molar-refractivity contribution in [3.05, 3.63) is 0 Å². The zero-order valence-electron chi connectivity index (χ0n) is 10.2. The van der Waals surface area contributed by atoms with Gasteiger partial charge in [0.05, 0.1) is 6.10 Å². The Labute approximate surface area is 98.0 Å². The van der Waals surface area contributed by atoms with E-state index in [0.717, 1.165) is 26.1 Å². The molecule has 0 aromatic carbocycles. The highest BCUT2D eigenvalue weighted by molar-refractivity contribution is 5.76. The SMILES string of the molecule is CCC(O)CCNC(=O)CCN1CCCC1. The zero-order chi connectivity index (χ0) is 11.8. The average Bonchev–Trinajstić information content (AvgIpc) is 2.79. The maximum Gasteiger partial charge on any atom is 0.221 e. The molecule has 1 fully saturated rings. The van der Waals surface area contributed by atoms with E-state index in [4.69, 9.17) is 0 Å². The lowest BCUT2D eigenvalue weighted by atomic mass is 10.2. The predicted octanol–water partition coefficient (Wildman–Crippen LogP) is 0.749. The maximum absolute atomic E-state index is 11.5. The van der Waals surface area contributed by atoms with Crippen molar-refractivity contribution in [3.63, 3.8) is 0 Å². The third-order valence-corrected chi connectivity index (χ3v) is 3.12. The van der Waals surface area contributed by atoms with E-state index >= 15 is 0 Å². The van der Waals surface area contributed by atoms with Crippen molar-refractivity contribution in [2.24, 2.45) is 0 Å². The average molecular weight is 228 g/mol. The molecule has 4 heteroatoms. The lowest BCUT2D eigenvalue weighted by Gasteiger charge is -2.14. The Bertz CT molecular complexity index is 203. The van der Waals surface area contributed by atoms with Gasteiger partial charge < -0.3 is 15.3 Å². The highest BCUT2D eigenvalue weighted by atomic mass is 16.3. The molecule has 1 unspecified atom stereocenters. The molecule has 0 aromatic heterocycles. The Kier molecular flexibility index (Phi) is 6.42. The molecule has 0 spiro atoms. The van der Waals surface area contributed by atoms with Crippen LogP contribution < -0.4 is 5.32 Å². The van der Waals surface area contributed by atoms with E-state index < -0.39 is 0 Å². The van der Waals surface area contributed by atoms with E-state index in [1.165, 1.54) is 12.8 Å². The molecule has 0 radical (unpaired) electrons. The quantitative estimate of drug-likeness (QED) is 0.676. The van der Waals surface area contributed by atoms with E-state index in [1.807, 2.05) is 6.92 Å². The first-order valence-electron chi connectivity index (χ1n) is 6.39. The van der Waals surface area contributed by atoms with E-state index in [0.29, 0.717) is 19.4 Å². The summed E-state index contributed by atoms with van der Waals surface area (Å²) in [7, 11) is 0. The number of carbonyl (C=O) groups is 1. The Morgan fingerprint density at radius 1 is 1.44 bits per heavy atom. The molecule has 94 valence electrons. The summed E-state index contributed by atoms with van der Waals surface area (Å²) in [5, 5.41) is 12.2. The lowest BCUT2D eigenvalue weighted by Crippen LogP contribution is -2.31. The van der Waals surface area contributed by atoms with E-state index in [9.17, 15) is 9.90 Å². The Morgan fingerprint density at radius 2 is 2.12 bits per heavy atom. The summed E-state index contributed by atoms with van der Waals surface area (Å²) in [6, 6.07) is 0. The van der Waals surface area contributed by atoms with Gasteiger partial charge in [-0.25, -0.2) is 0 Å². The van der Waals surface area contributed by atoms with Crippen LogP contribution in [0.15, 0.2) is 0 Å². The van der Waals surface area contributed by atoms with Crippen LogP contribution in [0.2, 0.25) is 0 Å². The lowest BCUT2D eigenvalue weighted by molar-refractivity contribution is -0.121. The van der Waals surface area contributed by atoms with Crippen LogP contribution in [0.5, 0.6) is 0 Å². The van der Waals surface area contributed by atoms with Crippen LogP contribution in [0.1, 0.15) is 39.0 Å². The second-order valence-corrected chi connectivity index (χ2v) is 4.50. The Morgan fingerprint density at radius 3 is 2.75 bits per heavy atom. The van der Waals surface area contributed by atoms with Gasteiger partial charge in [0.2, 0.25) is 5.91 Å². The zero-order valence-corrected chi connectivity index (χ0v) is 10.2. The summed E-state index contributed by atoms with van der Waals surface area (Å²) >= 11 is 0. The molecule has 1 aliphatic rings. The summed E-state index contributed by atoms with van der Waals surface area (Å²) in [6.45, 7) is 5.69. The van der Waals surface area contributed by atoms with Crippen molar-refractivity contribution in [1.82, 2.24) is 10.2 Å². The van der Waals surface area contributed by atoms with Crippen molar-refractivity contribution < 1.29 is 9.90 Å². The molecule has 4 nitrogen and oxygen atoms in total. The molecule has 1 rings (SSSR count). The Hall–Kier alpha value is -0.610. The van der Waals surface area contributed by atoms with E-state index in [1.54, 1.807) is 0 Å². The minimum Gasteiger partial charge on any atom is -0.393 e. The molecule has 0 bridgehead atoms. The molecular weight excluding hydrogens is 204 g/mol. The first-order valence-corrected chi connectivity index (χ1v) is 6.39. The van der Waals surface area contributed by atoms with Crippen molar-refractivity contribution in [1.29, 1.82) is 0 Å². The topological polar surface area (TPSA) is 52.6 Å². The van der Waals surface area contributed by atoms with Gasteiger partial charge >= 0.3 is 0 Å². The monoisotopic (exact) mass is 228 g/mol. The van der Waals surface area contributed by atoms with Gasteiger partial charge in [-0.15, -0.1) is 0 Å². The van der Waals surface area contributed by atoms with Gasteiger partial charge in [0.25, 0.3) is 0 Å². The van der Waals surface area contributed by atoms with Gasteiger partial charge in [-0.2, -0.15) is 0 Å². The predicted molar refractivity (Wildman–Crippen MR) is 64.2 cm³/mol. The molecule has 1 amide bonds. The van der Waals surface area contributed by atoms with Gasteiger partial charge in [0, 0.05) is 19.5 Å². The fraction of sp³-hybridized carbons (Fsp3) is 0.917. The number of aliphatic hydroxyl groups excluding tert-OH is 1. The number of nitrogens with zero attached hydrogens (tertiary/aromatic N) is 1. The summed E-state index contributed by atoms with van der Waals surface area (Å²) in [6.07, 6.45) is 4.26. The van der Waals surface area contributed by atoms with Crippen LogP contribution in [0.4, 0.5) is 0 Å². The van der Waals surface area contributed by atoms with Gasteiger partial charge in [-0.05, 0) is 38.8 Å². The minimum absolute atomic E-state index is 0.107. The van der Waals surface area contributed by atoms with Crippen LogP contribution in [0, 0.1) is 0 Å². The number of hydrogen-bond donors (Lipinski definition) is 2. The van der Waals surface area contributed by atoms with Crippen LogP contribution in [-0.4, -0.2) is 48.2 Å². The van der Waals surface area contributed by atoms with Gasteiger partial charge in [0.15, 0.2) is 0 Å². The molecule has 0 aromatic rings. The summed E-state index contributed by atoms with van der Waals surface area (Å²) in [5.41, 5.74) is 0. The van der Waals surface area contributed by atoms with E-state index in [2.05, 4.69) is 10.2 Å². The number of nitrogens with one attached hydrogen (secondary N) is 1. The third kappa shape index (κ3) is 5.47. The van der Waals surface area contributed by atoms with Crippen molar-refractivity contribution in [2.75, 3.05) is 26.2 Å². The maximum atomic E-state index is 11.5. The van der Waals surface area contributed by atoms with Crippen LogP contribution >= 0.6 is 0 Å². The fourth-order valence-electron chi connectivity index (χ4n) is 1.94. The largest absolute Gasteiger partial charge is 0.393 e. The van der Waals surface area contributed by atoms with Crippen molar-refractivity contribution >= 4 is 5.91 Å². The molecule has 16 heavy (non-hydrogen) atoms. The summed E-state index contributed by atoms with van der Waals surface area (Å²) in [4.78, 5) is 13.8. The molecule has 1 atom stereocenters. The second kappa shape index (κ2) is 7.63. The first-order chi connectivity index (χ1) is 7.72. The summed E-state index contributed by atoms with van der Waals surface area (Å²) in [5.74, 6) is 0.107. The summed E-state index contributed by atoms with van der Waals surface area (Å²) < 4.78 is 0. The standard InChI is InChI=1S/C12H24N2O2/c1-2-11(15)5-7-13-12(16)6-10-14-8-3-4-9-14/h11,15H,2-10H2,1H3,(H,13,16). The fourth-order valence-corrected chi connectivity index (χ4v) is 1.94. The number of likely N-dealkylation sites (tertiary alicyclic amines) is 1. The van der Waals surface area contributed by atoms with Crippen LogP contribution in [-0.2, 0) is 4.79 Å². The molecule has 1 heterocycles. The smallest absolute Gasteiger partial charge is 0.221 e. The Balaban J connectivity index is 1.97. The van der Waals surface area contributed by atoms with Gasteiger partial charge in [0.1, 0.15) is 0 Å². The number of amides is 1. The molecular formula is C12H24N2O2. The second-order valence-electron chi connectivity index (χ2n) is 4.50.